The van der Waals surface area contributed by atoms with Gasteiger partial charge >= 0.3 is 5.76 Å². The molecule has 0 aliphatic carbocycles. The molecule has 7 heteroatoms. The minimum absolute atomic E-state index is 0.0573. The molecular weight excluding hydrogens is 409 g/mol. The molecule has 1 aromatic heterocycles. The van der Waals surface area contributed by atoms with E-state index >= 15 is 0 Å². The van der Waals surface area contributed by atoms with Crippen molar-refractivity contribution in [3.05, 3.63) is 88.2 Å². The van der Waals surface area contributed by atoms with Crippen molar-refractivity contribution in [2.24, 2.45) is 0 Å². The van der Waals surface area contributed by atoms with Crippen molar-refractivity contribution >= 4 is 22.7 Å². The lowest BCUT2D eigenvalue weighted by Crippen LogP contribution is -2.23. The number of hydrogen-bond acceptors (Lipinski definition) is 4. The fourth-order valence-corrected chi connectivity index (χ4v) is 3.47. The van der Waals surface area contributed by atoms with Crippen LogP contribution >= 0.6 is 0 Å². The Morgan fingerprint density at radius 1 is 1.03 bits per heavy atom. The standard InChI is InChI=1S/C25H24FN3O3/c1-16-4-6-17(7-5-16)18-8-10-20(21(26)14-18)24(30)27-19-9-11-23-22(15-19)29(25(31)32-23)13-12-28(2)3/h4-11,14-15H,12-13H2,1-3H3,(H,27,30). The van der Waals surface area contributed by atoms with Crippen LogP contribution in [-0.4, -0.2) is 36.0 Å². The second kappa shape index (κ2) is 8.80. The third-order valence-electron chi connectivity index (χ3n) is 5.29. The van der Waals surface area contributed by atoms with Crippen LogP contribution in [0.5, 0.6) is 0 Å². The number of anilines is 1. The summed E-state index contributed by atoms with van der Waals surface area (Å²) in [6, 6.07) is 17.2. The van der Waals surface area contributed by atoms with Crippen LogP contribution in [0.3, 0.4) is 0 Å². The van der Waals surface area contributed by atoms with Gasteiger partial charge in [0.05, 0.1) is 11.1 Å². The Bertz CT molecular complexity index is 1340. The van der Waals surface area contributed by atoms with Gasteiger partial charge in [0.2, 0.25) is 0 Å². The van der Waals surface area contributed by atoms with Crippen LogP contribution in [0.25, 0.3) is 22.2 Å². The molecule has 1 heterocycles. The number of oxazole rings is 1. The number of aryl methyl sites for hydroxylation is 1. The summed E-state index contributed by atoms with van der Waals surface area (Å²) in [5.41, 5.74) is 4.09. The zero-order valence-corrected chi connectivity index (χ0v) is 18.2. The minimum atomic E-state index is -0.604. The number of aromatic nitrogens is 1. The quantitative estimate of drug-likeness (QED) is 0.485. The molecule has 0 aliphatic rings. The smallest absolute Gasteiger partial charge is 0.408 e. The lowest BCUT2D eigenvalue weighted by Gasteiger charge is -2.10. The zero-order chi connectivity index (χ0) is 22.8. The molecule has 0 radical (unpaired) electrons. The SMILES string of the molecule is Cc1ccc(-c2ccc(C(=O)Nc3ccc4oc(=O)n(CCN(C)C)c4c3)c(F)c2)cc1. The molecule has 4 rings (SSSR count). The van der Waals surface area contributed by atoms with Crippen LogP contribution in [0.2, 0.25) is 0 Å². The van der Waals surface area contributed by atoms with Gasteiger partial charge in [-0.15, -0.1) is 0 Å². The third-order valence-corrected chi connectivity index (χ3v) is 5.29. The van der Waals surface area contributed by atoms with E-state index in [-0.39, 0.29) is 5.56 Å². The van der Waals surface area contributed by atoms with Crippen molar-refractivity contribution in [3.63, 3.8) is 0 Å². The van der Waals surface area contributed by atoms with Crippen LogP contribution in [0.4, 0.5) is 10.1 Å². The number of likely N-dealkylation sites (N-methyl/N-ethyl adjacent to an activating group) is 1. The molecule has 1 N–H and O–H groups in total. The van der Waals surface area contributed by atoms with Gasteiger partial charge in [-0.2, -0.15) is 0 Å². The first kappa shape index (κ1) is 21.5. The van der Waals surface area contributed by atoms with Crippen molar-refractivity contribution in [1.29, 1.82) is 0 Å². The van der Waals surface area contributed by atoms with Gasteiger partial charge in [0, 0.05) is 18.8 Å². The molecule has 0 saturated heterocycles. The van der Waals surface area contributed by atoms with Crippen LogP contribution in [-0.2, 0) is 6.54 Å². The number of carbonyl (C=O) groups is 1. The maximum Gasteiger partial charge on any atom is 0.419 e. The van der Waals surface area contributed by atoms with Crippen molar-refractivity contribution < 1.29 is 13.6 Å². The van der Waals surface area contributed by atoms with Gasteiger partial charge in [0.25, 0.3) is 5.91 Å². The van der Waals surface area contributed by atoms with E-state index in [1.165, 1.54) is 16.7 Å². The summed E-state index contributed by atoms with van der Waals surface area (Å²) in [5.74, 6) is -1.63. The number of carbonyl (C=O) groups excluding carboxylic acids is 1. The average Bonchev–Trinajstić information content (AvgIpc) is 3.07. The first-order chi connectivity index (χ1) is 15.3. The molecular formula is C25H24FN3O3. The highest BCUT2D eigenvalue weighted by atomic mass is 19.1. The van der Waals surface area contributed by atoms with Gasteiger partial charge in [-0.05, 0) is 62.5 Å². The molecule has 0 saturated carbocycles. The van der Waals surface area contributed by atoms with Gasteiger partial charge in [0.15, 0.2) is 5.58 Å². The highest BCUT2D eigenvalue weighted by molar-refractivity contribution is 6.05. The Morgan fingerprint density at radius 2 is 1.75 bits per heavy atom. The number of nitrogens with zero attached hydrogens (tertiary/aromatic N) is 2. The van der Waals surface area contributed by atoms with Crippen molar-refractivity contribution in [1.82, 2.24) is 9.47 Å². The van der Waals surface area contributed by atoms with Crippen LogP contribution in [0.15, 0.2) is 69.9 Å². The van der Waals surface area contributed by atoms with E-state index in [2.05, 4.69) is 5.32 Å². The Kier molecular flexibility index (Phi) is 5.92. The highest BCUT2D eigenvalue weighted by Gasteiger charge is 2.15. The normalized spacial score (nSPS) is 11.3. The first-order valence-corrected chi connectivity index (χ1v) is 10.3. The summed E-state index contributed by atoms with van der Waals surface area (Å²) in [4.78, 5) is 26.8. The maximum absolute atomic E-state index is 14.7. The molecule has 3 aromatic carbocycles. The molecule has 164 valence electrons. The fourth-order valence-electron chi connectivity index (χ4n) is 3.47. The third kappa shape index (κ3) is 4.48. The summed E-state index contributed by atoms with van der Waals surface area (Å²) in [6.07, 6.45) is 0. The summed E-state index contributed by atoms with van der Waals surface area (Å²) in [6.45, 7) is 3.09. The van der Waals surface area contributed by atoms with Crippen molar-refractivity contribution in [3.8, 4) is 11.1 Å². The molecule has 0 fully saturated rings. The van der Waals surface area contributed by atoms with E-state index in [1.807, 2.05) is 50.2 Å². The second-order valence-corrected chi connectivity index (χ2v) is 8.02. The molecule has 4 aromatic rings. The topological polar surface area (TPSA) is 67.5 Å². The molecule has 1 amide bonds. The Morgan fingerprint density at radius 3 is 2.44 bits per heavy atom. The molecule has 32 heavy (non-hydrogen) atoms. The van der Waals surface area contributed by atoms with E-state index in [0.717, 1.165) is 11.1 Å². The minimum Gasteiger partial charge on any atom is -0.408 e. The predicted octanol–water partition coefficient (Wildman–Crippen LogP) is 4.52. The summed E-state index contributed by atoms with van der Waals surface area (Å²) < 4.78 is 21.5. The summed E-state index contributed by atoms with van der Waals surface area (Å²) in [7, 11) is 3.83. The van der Waals surface area contributed by atoms with Gasteiger partial charge < -0.3 is 14.6 Å². The van der Waals surface area contributed by atoms with Gasteiger partial charge in [-0.3, -0.25) is 9.36 Å². The Labute approximate surface area is 184 Å². The van der Waals surface area contributed by atoms with Gasteiger partial charge in [-0.1, -0.05) is 35.9 Å². The number of nitrogens with one attached hydrogen (secondary N) is 1. The molecule has 0 spiro atoms. The van der Waals surface area contributed by atoms with Crippen molar-refractivity contribution in [2.45, 2.75) is 13.5 Å². The number of benzene rings is 3. The van der Waals surface area contributed by atoms with Gasteiger partial charge in [0.1, 0.15) is 5.82 Å². The molecule has 0 atom stereocenters. The summed E-state index contributed by atoms with van der Waals surface area (Å²) >= 11 is 0. The van der Waals surface area contributed by atoms with Crippen molar-refractivity contribution in [2.75, 3.05) is 26.0 Å². The van der Waals surface area contributed by atoms with Crippen LogP contribution in [0, 0.1) is 12.7 Å². The number of amides is 1. The second-order valence-electron chi connectivity index (χ2n) is 8.02. The zero-order valence-electron chi connectivity index (χ0n) is 18.2. The largest absolute Gasteiger partial charge is 0.419 e. The van der Waals surface area contributed by atoms with Crippen LogP contribution < -0.4 is 11.1 Å². The molecule has 0 aliphatic heterocycles. The number of fused-ring (bicyclic) bond motifs is 1. The van der Waals surface area contributed by atoms with E-state index in [0.29, 0.717) is 35.4 Å². The first-order valence-electron chi connectivity index (χ1n) is 10.3. The number of hydrogen-bond donors (Lipinski definition) is 1. The predicted molar refractivity (Wildman–Crippen MR) is 124 cm³/mol. The van der Waals surface area contributed by atoms with E-state index in [9.17, 15) is 14.0 Å². The lowest BCUT2D eigenvalue weighted by molar-refractivity contribution is 0.102. The Balaban J connectivity index is 1.57. The molecule has 6 nitrogen and oxygen atoms in total. The highest BCUT2D eigenvalue weighted by Crippen LogP contribution is 2.24. The average molecular weight is 433 g/mol. The monoisotopic (exact) mass is 433 g/mol. The maximum atomic E-state index is 14.7. The van der Waals surface area contributed by atoms with E-state index < -0.39 is 17.5 Å². The molecule has 0 unspecified atom stereocenters. The lowest BCUT2D eigenvalue weighted by atomic mass is 10.0. The Hall–Kier alpha value is -3.71. The van der Waals surface area contributed by atoms with E-state index in [4.69, 9.17) is 4.42 Å². The fraction of sp³-hybridized carbons (Fsp3) is 0.200. The number of rotatable bonds is 6. The molecule has 0 bridgehead atoms. The van der Waals surface area contributed by atoms with E-state index in [1.54, 1.807) is 24.3 Å². The summed E-state index contributed by atoms with van der Waals surface area (Å²) in [5, 5.41) is 2.71. The van der Waals surface area contributed by atoms with Crippen LogP contribution in [0.1, 0.15) is 15.9 Å². The van der Waals surface area contributed by atoms with Gasteiger partial charge in [-0.25, -0.2) is 9.18 Å². The number of halogens is 1.